The number of esters is 1. The van der Waals surface area contributed by atoms with Gasteiger partial charge in [-0.05, 0) is 25.0 Å². The third-order valence-electron chi connectivity index (χ3n) is 1.90. The van der Waals surface area contributed by atoms with Crippen LogP contribution in [0.3, 0.4) is 0 Å². The number of halogens is 2. The standard InChI is InChI=1S/C11H12Br2O2/c1-2-15-11(14)10(13)7-8-5-3-4-6-9(8)12/h3-6,10H,2,7H2,1H3. The SMILES string of the molecule is CCOC(=O)C(Br)Cc1ccccc1Br. The Labute approximate surface area is 106 Å². The fraction of sp³-hybridized carbons (Fsp3) is 0.364. The van der Waals surface area contributed by atoms with E-state index in [9.17, 15) is 4.79 Å². The van der Waals surface area contributed by atoms with Crippen LogP contribution in [0.15, 0.2) is 28.7 Å². The maximum Gasteiger partial charge on any atom is 0.320 e. The minimum atomic E-state index is -0.281. The van der Waals surface area contributed by atoms with Gasteiger partial charge in [-0.2, -0.15) is 0 Å². The van der Waals surface area contributed by atoms with E-state index in [2.05, 4.69) is 31.9 Å². The van der Waals surface area contributed by atoms with E-state index in [0.29, 0.717) is 13.0 Å². The lowest BCUT2D eigenvalue weighted by Crippen LogP contribution is -2.19. The third-order valence-corrected chi connectivity index (χ3v) is 3.37. The molecule has 82 valence electrons. The Bertz CT molecular complexity index is 339. The van der Waals surface area contributed by atoms with Crippen molar-refractivity contribution in [2.45, 2.75) is 18.2 Å². The molecular weight excluding hydrogens is 324 g/mol. The second-order valence-electron chi connectivity index (χ2n) is 3.02. The highest BCUT2D eigenvalue weighted by atomic mass is 79.9. The van der Waals surface area contributed by atoms with E-state index in [1.54, 1.807) is 6.92 Å². The second-order valence-corrected chi connectivity index (χ2v) is 4.97. The topological polar surface area (TPSA) is 26.3 Å². The van der Waals surface area contributed by atoms with Gasteiger partial charge in [-0.15, -0.1) is 0 Å². The van der Waals surface area contributed by atoms with Gasteiger partial charge in [0.05, 0.1) is 6.61 Å². The summed E-state index contributed by atoms with van der Waals surface area (Å²) in [6.07, 6.45) is 0.625. The average Bonchev–Trinajstić information content (AvgIpc) is 2.21. The van der Waals surface area contributed by atoms with Crippen LogP contribution in [0.1, 0.15) is 12.5 Å². The van der Waals surface area contributed by atoms with Gasteiger partial charge in [0.15, 0.2) is 0 Å². The molecular formula is C11H12Br2O2. The Kier molecular flexibility index (Phi) is 5.32. The van der Waals surface area contributed by atoms with Crippen molar-refractivity contribution in [1.29, 1.82) is 0 Å². The molecule has 0 saturated heterocycles. The van der Waals surface area contributed by atoms with Gasteiger partial charge in [0.25, 0.3) is 0 Å². The van der Waals surface area contributed by atoms with Gasteiger partial charge < -0.3 is 4.74 Å². The minimum absolute atomic E-state index is 0.215. The lowest BCUT2D eigenvalue weighted by molar-refractivity contribution is -0.142. The average molecular weight is 336 g/mol. The van der Waals surface area contributed by atoms with Crippen molar-refractivity contribution in [3.05, 3.63) is 34.3 Å². The van der Waals surface area contributed by atoms with Crippen LogP contribution < -0.4 is 0 Å². The van der Waals surface area contributed by atoms with Crippen LogP contribution in [-0.2, 0) is 16.0 Å². The van der Waals surface area contributed by atoms with Crippen LogP contribution in [0.5, 0.6) is 0 Å². The first kappa shape index (κ1) is 12.7. The summed E-state index contributed by atoms with van der Waals surface area (Å²) in [6.45, 7) is 2.22. The van der Waals surface area contributed by atoms with Gasteiger partial charge in [-0.3, -0.25) is 4.79 Å². The first-order chi connectivity index (χ1) is 7.15. The largest absolute Gasteiger partial charge is 0.465 e. The van der Waals surface area contributed by atoms with Crippen molar-refractivity contribution >= 4 is 37.8 Å². The predicted octanol–water partition coefficient (Wildman–Crippen LogP) is 3.32. The third kappa shape index (κ3) is 3.95. The molecule has 0 aliphatic carbocycles. The highest BCUT2D eigenvalue weighted by Crippen LogP contribution is 2.20. The number of benzene rings is 1. The molecule has 0 aromatic heterocycles. The Hall–Kier alpha value is -0.350. The number of ether oxygens (including phenoxy) is 1. The van der Waals surface area contributed by atoms with Gasteiger partial charge in [-0.1, -0.05) is 50.1 Å². The highest BCUT2D eigenvalue weighted by molar-refractivity contribution is 9.10. The molecule has 15 heavy (non-hydrogen) atoms. The first-order valence-electron chi connectivity index (χ1n) is 4.69. The van der Waals surface area contributed by atoms with Gasteiger partial charge in [0.2, 0.25) is 0 Å². The van der Waals surface area contributed by atoms with E-state index in [1.165, 1.54) is 0 Å². The van der Waals surface area contributed by atoms with E-state index < -0.39 is 0 Å². The predicted molar refractivity (Wildman–Crippen MR) is 67.2 cm³/mol. The smallest absolute Gasteiger partial charge is 0.320 e. The molecule has 0 aliphatic heterocycles. The molecule has 0 bridgehead atoms. The molecule has 0 saturated carbocycles. The zero-order chi connectivity index (χ0) is 11.3. The molecule has 0 radical (unpaired) electrons. The lowest BCUT2D eigenvalue weighted by Gasteiger charge is -2.09. The van der Waals surface area contributed by atoms with Crippen molar-refractivity contribution < 1.29 is 9.53 Å². The van der Waals surface area contributed by atoms with E-state index in [1.807, 2.05) is 24.3 Å². The van der Waals surface area contributed by atoms with E-state index >= 15 is 0 Å². The number of hydrogen-bond donors (Lipinski definition) is 0. The van der Waals surface area contributed by atoms with E-state index in [0.717, 1.165) is 10.0 Å². The number of alkyl halides is 1. The fourth-order valence-electron chi connectivity index (χ4n) is 1.17. The molecule has 1 aromatic carbocycles. The van der Waals surface area contributed by atoms with Crippen LogP contribution in [-0.4, -0.2) is 17.4 Å². The molecule has 0 fully saturated rings. The summed E-state index contributed by atoms with van der Waals surface area (Å²) >= 11 is 6.76. The first-order valence-corrected chi connectivity index (χ1v) is 6.40. The van der Waals surface area contributed by atoms with Gasteiger partial charge in [0.1, 0.15) is 4.83 Å². The molecule has 0 N–H and O–H groups in total. The Balaban J connectivity index is 2.62. The van der Waals surface area contributed by atoms with Crippen LogP contribution >= 0.6 is 31.9 Å². The second kappa shape index (κ2) is 6.28. The fourth-order valence-corrected chi connectivity index (χ4v) is 2.10. The minimum Gasteiger partial charge on any atom is -0.465 e. The van der Waals surface area contributed by atoms with Crippen molar-refractivity contribution in [3.63, 3.8) is 0 Å². The molecule has 1 unspecified atom stereocenters. The maximum absolute atomic E-state index is 11.4. The molecule has 0 heterocycles. The van der Waals surface area contributed by atoms with Crippen LogP contribution in [0, 0.1) is 0 Å². The summed E-state index contributed by atoms with van der Waals surface area (Å²) in [6, 6.07) is 7.84. The van der Waals surface area contributed by atoms with Gasteiger partial charge >= 0.3 is 5.97 Å². The zero-order valence-electron chi connectivity index (χ0n) is 8.37. The maximum atomic E-state index is 11.4. The van der Waals surface area contributed by atoms with Crippen molar-refractivity contribution in [2.75, 3.05) is 6.61 Å². The van der Waals surface area contributed by atoms with Gasteiger partial charge in [-0.25, -0.2) is 0 Å². The molecule has 2 nitrogen and oxygen atoms in total. The molecule has 0 aliphatic rings. The normalized spacial score (nSPS) is 12.2. The lowest BCUT2D eigenvalue weighted by atomic mass is 10.1. The Morgan fingerprint density at radius 3 is 2.73 bits per heavy atom. The van der Waals surface area contributed by atoms with Crippen LogP contribution in [0.25, 0.3) is 0 Å². The van der Waals surface area contributed by atoms with Crippen LogP contribution in [0.4, 0.5) is 0 Å². The molecule has 1 atom stereocenters. The molecule has 1 aromatic rings. The summed E-state index contributed by atoms with van der Waals surface area (Å²) in [5.41, 5.74) is 1.09. The van der Waals surface area contributed by atoms with Crippen LogP contribution in [0.2, 0.25) is 0 Å². The number of rotatable bonds is 4. The summed E-state index contributed by atoms with van der Waals surface area (Å²) in [7, 11) is 0. The molecule has 0 spiro atoms. The Morgan fingerprint density at radius 2 is 2.13 bits per heavy atom. The summed E-state index contributed by atoms with van der Waals surface area (Å²) in [4.78, 5) is 11.1. The number of carbonyl (C=O) groups excluding carboxylic acids is 1. The monoisotopic (exact) mass is 334 g/mol. The summed E-state index contributed by atoms with van der Waals surface area (Å²) in [5.74, 6) is -0.215. The zero-order valence-corrected chi connectivity index (χ0v) is 11.5. The van der Waals surface area contributed by atoms with E-state index in [-0.39, 0.29) is 10.8 Å². The molecule has 1 rings (SSSR count). The van der Waals surface area contributed by atoms with Crippen molar-refractivity contribution in [1.82, 2.24) is 0 Å². The van der Waals surface area contributed by atoms with Crippen molar-refractivity contribution in [2.24, 2.45) is 0 Å². The van der Waals surface area contributed by atoms with Crippen molar-refractivity contribution in [3.8, 4) is 0 Å². The number of hydrogen-bond acceptors (Lipinski definition) is 2. The molecule has 4 heteroatoms. The molecule has 0 amide bonds. The van der Waals surface area contributed by atoms with E-state index in [4.69, 9.17) is 4.74 Å². The highest BCUT2D eigenvalue weighted by Gasteiger charge is 2.17. The number of carbonyl (C=O) groups is 1. The Morgan fingerprint density at radius 1 is 1.47 bits per heavy atom. The summed E-state index contributed by atoms with van der Waals surface area (Å²) < 4.78 is 5.93. The quantitative estimate of drug-likeness (QED) is 0.623. The summed E-state index contributed by atoms with van der Waals surface area (Å²) in [5, 5.41) is 0. The van der Waals surface area contributed by atoms with Gasteiger partial charge in [0, 0.05) is 4.47 Å².